The SMILES string of the molecule is Cc1ccncc1C1=CCNC=C1C(F)(F)F. The second kappa shape index (κ2) is 4.24. The van der Waals surface area contributed by atoms with E-state index in [2.05, 4.69) is 10.3 Å². The summed E-state index contributed by atoms with van der Waals surface area (Å²) in [6.45, 7) is 2.16. The number of hydrogen-bond donors (Lipinski definition) is 1. The van der Waals surface area contributed by atoms with Gasteiger partial charge in [-0.1, -0.05) is 6.08 Å². The van der Waals surface area contributed by atoms with E-state index in [1.807, 2.05) is 0 Å². The third kappa shape index (κ3) is 2.33. The number of nitrogens with zero attached hydrogens (tertiary/aromatic N) is 1. The number of dihydropyridines is 1. The maximum absolute atomic E-state index is 12.8. The Hall–Kier alpha value is -1.78. The second-order valence-electron chi connectivity index (χ2n) is 3.77. The van der Waals surface area contributed by atoms with Crippen LogP contribution in [0.25, 0.3) is 5.57 Å². The van der Waals surface area contributed by atoms with Crippen molar-refractivity contribution in [3.05, 3.63) is 47.4 Å². The fourth-order valence-electron chi connectivity index (χ4n) is 1.75. The Morgan fingerprint density at radius 2 is 2.12 bits per heavy atom. The van der Waals surface area contributed by atoms with Gasteiger partial charge in [0.15, 0.2) is 0 Å². The first-order valence-corrected chi connectivity index (χ1v) is 5.12. The number of pyridine rings is 1. The second-order valence-corrected chi connectivity index (χ2v) is 3.77. The maximum atomic E-state index is 12.8. The zero-order chi connectivity index (χ0) is 12.5. The summed E-state index contributed by atoms with van der Waals surface area (Å²) in [5.41, 5.74) is 0.850. The zero-order valence-electron chi connectivity index (χ0n) is 9.17. The van der Waals surface area contributed by atoms with Crippen molar-refractivity contribution < 1.29 is 13.2 Å². The van der Waals surface area contributed by atoms with Gasteiger partial charge < -0.3 is 5.32 Å². The lowest BCUT2D eigenvalue weighted by Gasteiger charge is -2.20. The molecule has 2 rings (SSSR count). The maximum Gasteiger partial charge on any atom is 0.418 e. The quantitative estimate of drug-likeness (QED) is 0.816. The number of hydrogen-bond acceptors (Lipinski definition) is 2. The topological polar surface area (TPSA) is 24.9 Å². The standard InChI is InChI=1S/C12H11F3N2/c1-8-2-4-16-6-10(8)9-3-5-17-7-11(9)12(13,14)15/h2-4,6-7,17H,5H2,1H3. The summed E-state index contributed by atoms with van der Waals surface area (Å²) in [5, 5.41) is 2.58. The summed E-state index contributed by atoms with van der Waals surface area (Å²) in [6.07, 6.45) is 1.22. The molecule has 2 heterocycles. The number of nitrogens with one attached hydrogen (secondary N) is 1. The van der Waals surface area contributed by atoms with E-state index in [9.17, 15) is 13.2 Å². The number of allylic oxidation sites excluding steroid dienone is 2. The number of aromatic nitrogens is 1. The van der Waals surface area contributed by atoms with Gasteiger partial charge in [0.25, 0.3) is 0 Å². The van der Waals surface area contributed by atoms with Crippen LogP contribution in [-0.4, -0.2) is 17.7 Å². The summed E-state index contributed by atoms with van der Waals surface area (Å²) < 4.78 is 38.5. The molecule has 1 aliphatic rings. The molecule has 1 aromatic heterocycles. The summed E-state index contributed by atoms with van der Waals surface area (Å²) in [7, 11) is 0. The average Bonchev–Trinajstić information content (AvgIpc) is 2.28. The molecular formula is C12H11F3N2. The minimum absolute atomic E-state index is 0.196. The van der Waals surface area contributed by atoms with Crippen LogP contribution < -0.4 is 5.32 Å². The van der Waals surface area contributed by atoms with Crippen molar-refractivity contribution in [2.45, 2.75) is 13.1 Å². The molecule has 1 aromatic rings. The predicted octanol–water partition coefficient (Wildman–Crippen LogP) is 2.82. The first-order valence-electron chi connectivity index (χ1n) is 5.12. The van der Waals surface area contributed by atoms with Crippen LogP contribution in [0, 0.1) is 6.92 Å². The largest absolute Gasteiger partial charge is 0.418 e. The third-order valence-corrected chi connectivity index (χ3v) is 2.60. The molecule has 1 aliphatic heterocycles. The van der Waals surface area contributed by atoms with Gasteiger partial charge in [0, 0.05) is 30.7 Å². The van der Waals surface area contributed by atoms with Crippen LogP contribution >= 0.6 is 0 Å². The van der Waals surface area contributed by atoms with Gasteiger partial charge >= 0.3 is 6.18 Å². The van der Waals surface area contributed by atoms with Crippen molar-refractivity contribution in [1.82, 2.24) is 10.3 Å². The molecule has 0 amide bonds. The van der Waals surface area contributed by atoms with Crippen molar-refractivity contribution in [2.75, 3.05) is 6.54 Å². The fourth-order valence-corrected chi connectivity index (χ4v) is 1.75. The lowest BCUT2D eigenvalue weighted by atomic mass is 9.94. The molecule has 0 fully saturated rings. The molecule has 0 unspecified atom stereocenters. The molecule has 0 saturated carbocycles. The van der Waals surface area contributed by atoms with Crippen molar-refractivity contribution in [1.29, 1.82) is 0 Å². The van der Waals surface area contributed by atoms with E-state index in [4.69, 9.17) is 0 Å². The highest BCUT2D eigenvalue weighted by atomic mass is 19.4. The van der Waals surface area contributed by atoms with Crippen LogP contribution in [0.15, 0.2) is 36.3 Å². The van der Waals surface area contributed by atoms with Gasteiger partial charge in [0.2, 0.25) is 0 Å². The normalized spacial score (nSPS) is 16.0. The molecule has 90 valence electrons. The molecule has 0 aliphatic carbocycles. The highest BCUT2D eigenvalue weighted by Gasteiger charge is 2.37. The van der Waals surface area contributed by atoms with E-state index in [-0.39, 0.29) is 5.57 Å². The Morgan fingerprint density at radius 1 is 1.35 bits per heavy atom. The van der Waals surface area contributed by atoms with Gasteiger partial charge in [-0.15, -0.1) is 0 Å². The molecular weight excluding hydrogens is 229 g/mol. The van der Waals surface area contributed by atoms with E-state index < -0.39 is 11.7 Å². The molecule has 0 aromatic carbocycles. The zero-order valence-corrected chi connectivity index (χ0v) is 9.17. The van der Waals surface area contributed by atoms with Crippen molar-refractivity contribution in [2.24, 2.45) is 0 Å². The van der Waals surface area contributed by atoms with Crippen LogP contribution in [0.1, 0.15) is 11.1 Å². The minimum atomic E-state index is -4.36. The van der Waals surface area contributed by atoms with Crippen LogP contribution in [0.5, 0.6) is 0 Å². The Kier molecular flexibility index (Phi) is 2.92. The monoisotopic (exact) mass is 240 g/mol. The molecule has 0 bridgehead atoms. The Bertz CT molecular complexity index is 487. The van der Waals surface area contributed by atoms with Crippen molar-refractivity contribution >= 4 is 5.57 Å². The van der Waals surface area contributed by atoms with E-state index in [1.54, 1.807) is 19.2 Å². The lowest BCUT2D eigenvalue weighted by molar-refractivity contribution is -0.0875. The lowest BCUT2D eigenvalue weighted by Crippen LogP contribution is -2.22. The van der Waals surface area contributed by atoms with Crippen LogP contribution in [0.4, 0.5) is 13.2 Å². The predicted molar refractivity (Wildman–Crippen MR) is 59.1 cm³/mol. The number of aryl methyl sites for hydroxylation is 1. The van der Waals surface area contributed by atoms with E-state index in [0.717, 1.165) is 11.8 Å². The van der Waals surface area contributed by atoms with E-state index >= 15 is 0 Å². The van der Waals surface area contributed by atoms with E-state index in [0.29, 0.717) is 12.1 Å². The highest BCUT2D eigenvalue weighted by molar-refractivity contribution is 5.82. The van der Waals surface area contributed by atoms with Crippen molar-refractivity contribution in [3.63, 3.8) is 0 Å². The Balaban J connectivity index is 2.48. The smallest absolute Gasteiger partial charge is 0.387 e. The van der Waals surface area contributed by atoms with Gasteiger partial charge in [-0.25, -0.2) is 0 Å². The summed E-state index contributed by atoms with van der Waals surface area (Å²) in [6, 6.07) is 1.70. The first kappa shape index (κ1) is 11.7. The number of halogens is 3. The summed E-state index contributed by atoms with van der Waals surface area (Å²) in [5.74, 6) is 0. The summed E-state index contributed by atoms with van der Waals surface area (Å²) >= 11 is 0. The van der Waals surface area contributed by atoms with Gasteiger partial charge in [-0.05, 0) is 24.1 Å². The fraction of sp³-hybridized carbons (Fsp3) is 0.250. The van der Waals surface area contributed by atoms with Gasteiger partial charge in [0.1, 0.15) is 0 Å². The van der Waals surface area contributed by atoms with E-state index in [1.165, 1.54) is 12.3 Å². The molecule has 2 nitrogen and oxygen atoms in total. The first-order chi connectivity index (χ1) is 8.00. The minimum Gasteiger partial charge on any atom is -0.387 e. The Labute approximate surface area is 96.9 Å². The molecule has 0 atom stereocenters. The molecule has 17 heavy (non-hydrogen) atoms. The number of alkyl halides is 3. The molecule has 0 spiro atoms. The summed E-state index contributed by atoms with van der Waals surface area (Å²) in [4.78, 5) is 3.88. The van der Waals surface area contributed by atoms with Crippen LogP contribution in [-0.2, 0) is 0 Å². The van der Waals surface area contributed by atoms with Crippen molar-refractivity contribution in [3.8, 4) is 0 Å². The highest BCUT2D eigenvalue weighted by Crippen LogP contribution is 2.37. The van der Waals surface area contributed by atoms with Crippen LogP contribution in [0.3, 0.4) is 0 Å². The Morgan fingerprint density at radius 3 is 2.76 bits per heavy atom. The third-order valence-electron chi connectivity index (χ3n) is 2.60. The van der Waals surface area contributed by atoms with Gasteiger partial charge in [0.05, 0.1) is 5.57 Å². The molecule has 5 heteroatoms. The number of rotatable bonds is 1. The molecule has 0 saturated heterocycles. The average molecular weight is 240 g/mol. The van der Waals surface area contributed by atoms with Gasteiger partial charge in [-0.3, -0.25) is 4.98 Å². The molecule has 0 radical (unpaired) electrons. The van der Waals surface area contributed by atoms with Crippen LogP contribution in [0.2, 0.25) is 0 Å². The molecule has 1 N–H and O–H groups in total. The van der Waals surface area contributed by atoms with Gasteiger partial charge in [-0.2, -0.15) is 13.2 Å².